The highest BCUT2D eigenvalue weighted by molar-refractivity contribution is 5.91. The molecule has 0 spiro atoms. The third-order valence-electron chi connectivity index (χ3n) is 1.95. The summed E-state index contributed by atoms with van der Waals surface area (Å²) in [4.78, 5) is 21.6. The predicted octanol–water partition coefficient (Wildman–Crippen LogP) is 1.67. The Kier molecular flexibility index (Phi) is 4.28. The smallest absolute Gasteiger partial charge is 0.339 e. The Bertz CT molecular complexity index is 462. The van der Waals surface area contributed by atoms with Crippen molar-refractivity contribution in [3.8, 4) is 5.75 Å². The number of carbonyl (C=O) groups is 2. The van der Waals surface area contributed by atoms with Gasteiger partial charge in [-0.2, -0.15) is 0 Å². The molecule has 1 aromatic rings. The lowest BCUT2D eigenvalue weighted by Gasteiger charge is -2.00. The van der Waals surface area contributed by atoms with E-state index in [2.05, 4.69) is 4.74 Å². The first-order valence-electron chi connectivity index (χ1n) is 4.95. The Hall–Kier alpha value is -2.30. The van der Waals surface area contributed by atoms with Crippen molar-refractivity contribution < 1.29 is 24.5 Å². The summed E-state index contributed by atoms with van der Waals surface area (Å²) in [6.07, 6.45) is 2.64. The third-order valence-corrected chi connectivity index (χ3v) is 1.95. The summed E-state index contributed by atoms with van der Waals surface area (Å²) in [7, 11) is 0. The lowest BCUT2D eigenvalue weighted by Crippen LogP contribution is -1.99. The summed E-state index contributed by atoms with van der Waals surface area (Å²) in [5.41, 5.74) is 0.332. The van der Waals surface area contributed by atoms with Crippen LogP contribution >= 0.6 is 0 Å². The van der Waals surface area contributed by atoms with Gasteiger partial charge in [-0.15, -0.1) is 0 Å². The van der Waals surface area contributed by atoms with Crippen LogP contribution in [0, 0.1) is 0 Å². The number of carboxylic acids is 1. The molecule has 2 N–H and O–H groups in total. The quantitative estimate of drug-likeness (QED) is 0.613. The van der Waals surface area contributed by atoms with Crippen LogP contribution in [0.4, 0.5) is 0 Å². The summed E-state index contributed by atoms with van der Waals surface area (Å²) >= 11 is 0. The number of aromatic hydroxyl groups is 1. The Balaban J connectivity index is 2.84. The minimum absolute atomic E-state index is 0.182. The number of carboxylic acid groups (broad SMARTS) is 1. The maximum atomic E-state index is 11.0. The highest BCUT2D eigenvalue weighted by Crippen LogP contribution is 2.19. The van der Waals surface area contributed by atoms with Crippen LogP contribution < -0.4 is 0 Å². The van der Waals surface area contributed by atoms with E-state index in [0.29, 0.717) is 5.56 Å². The van der Waals surface area contributed by atoms with Gasteiger partial charge in [0.05, 0.1) is 6.61 Å². The Labute approximate surface area is 98.0 Å². The van der Waals surface area contributed by atoms with E-state index in [1.807, 2.05) is 0 Å². The van der Waals surface area contributed by atoms with Crippen LogP contribution in [0.15, 0.2) is 24.3 Å². The van der Waals surface area contributed by atoms with E-state index in [4.69, 9.17) is 5.11 Å². The van der Waals surface area contributed by atoms with E-state index < -0.39 is 11.9 Å². The van der Waals surface area contributed by atoms with Gasteiger partial charge in [-0.25, -0.2) is 9.59 Å². The van der Waals surface area contributed by atoms with Gasteiger partial charge in [0.2, 0.25) is 0 Å². The maximum Gasteiger partial charge on any atom is 0.339 e. The summed E-state index contributed by atoms with van der Waals surface area (Å²) in [6.45, 7) is 1.98. The molecule has 0 aliphatic carbocycles. The molecule has 90 valence electrons. The molecule has 0 radical (unpaired) electrons. The summed E-state index contributed by atoms with van der Waals surface area (Å²) in [6, 6.07) is 4.01. The fourth-order valence-electron chi connectivity index (χ4n) is 1.19. The zero-order valence-electron chi connectivity index (χ0n) is 9.21. The summed E-state index contributed by atoms with van der Waals surface area (Å²) in [5, 5.41) is 18.1. The van der Waals surface area contributed by atoms with Crippen LogP contribution in [0.5, 0.6) is 5.75 Å². The summed E-state index contributed by atoms with van der Waals surface area (Å²) < 4.78 is 4.67. The molecule has 0 fully saturated rings. The van der Waals surface area contributed by atoms with Gasteiger partial charge in [-0.05, 0) is 30.7 Å². The van der Waals surface area contributed by atoms with E-state index in [-0.39, 0.29) is 17.9 Å². The predicted molar refractivity (Wildman–Crippen MR) is 60.7 cm³/mol. The molecule has 0 bridgehead atoms. The first kappa shape index (κ1) is 12.8. The molecule has 17 heavy (non-hydrogen) atoms. The van der Waals surface area contributed by atoms with Gasteiger partial charge in [0.1, 0.15) is 11.3 Å². The molecule has 0 aliphatic rings. The van der Waals surface area contributed by atoms with Gasteiger partial charge in [0.25, 0.3) is 0 Å². The van der Waals surface area contributed by atoms with Crippen molar-refractivity contribution in [2.24, 2.45) is 0 Å². The molecular weight excluding hydrogens is 224 g/mol. The number of rotatable bonds is 4. The monoisotopic (exact) mass is 236 g/mol. The molecule has 0 aliphatic heterocycles. The largest absolute Gasteiger partial charge is 0.507 e. The van der Waals surface area contributed by atoms with Crippen LogP contribution in [0.1, 0.15) is 22.8 Å². The van der Waals surface area contributed by atoms with E-state index in [0.717, 1.165) is 0 Å². The zero-order valence-corrected chi connectivity index (χ0v) is 9.21. The van der Waals surface area contributed by atoms with Crippen LogP contribution in [0.25, 0.3) is 6.08 Å². The molecule has 1 aromatic carbocycles. The van der Waals surface area contributed by atoms with Crippen molar-refractivity contribution in [3.05, 3.63) is 35.4 Å². The van der Waals surface area contributed by atoms with Crippen molar-refractivity contribution in [1.82, 2.24) is 0 Å². The van der Waals surface area contributed by atoms with Gasteiger partial charge < -0.3 is 14.9 Å². The van der Waals surface area contributed by atoms with Crippen LogP contribution in [0.3, 0.4) is 0 Å². The van der Waals surface area contributed by atoms with E-state index >= 15 is 0 Å². The normalized spacial score (nSPS) is 10.4. The van der Waals surface area contributed by atoms with Gasteiger partial charge >= 0.3 is 11.9 Å². The van der Waals surface area contributed by atoms with E-state index in [1.54, 1.807) is 6.92 Å². The molecule has 0 atom stereocenters. The fraction of sp³-hybridized carbons (Fsp3) is 0.167. The van der Waals surface area contributed by atoms with Crippen molar-refractivity contribution in [3.63, 3.8) is 0 Å². The molecule has 0 unspecified atom stereocenters. The molecule has 0 aromatic heterocycles. The first-order valence-corrected chi connectivity index (χ1v) is 4.95. The zero-order chi connectivity index (χ0) is 12.8. The molecule has 0 amide bonds. The molecule has 5 nitrogen and oxygen atoms in total. The number of carbonyl (C=O) groups excluding carboxylic acids is 1. The Morgan fingerprint density at radius 2 is 2.12 bits per heavy atom. The lowest BCUT2D eigenvalue weighted by molar-refractivity contribution is -0.137. The average Bonchev–Trinajstić information content (AvgIpc) is 2.26. The number of hydrogen-bond donors (Lipinski definition) is 2. The Morgan fingerprint density at radius 3 is 2.65 bits per heavy atom. The van der Waals surface area contributed by atoms with Crippen molar-refractivity contribution >= 4 is 18.0 Å². The minimum Gasteiger partial charge on any atom is -0.507 e. The second-order valence-corrected chi connectivity index (χ2v) is 3.17. The number of benzene rings is 1. The second-order valence-electron chi connectivity index (χ2n) is 3.17. The van der Waals surface area contributed by atoms with Gasteiger partial charge in [-0.3, -0.25) is 0 Å². The van der Waals surface area contributed by atoms with E-state index in [9.17, 15) is 14.7 Å². The van der Waals surface area contributed by atoms with Gasteiger partial charge in [-0.1, -0.05) is 6.07 Å². The van der Waals surface area contributed by atoms with Crippen molar-refractivity contribution in [1.29, 1.82) is 0 Å². The molecule has 0 saturated heterocycles. The lowest BCUT2D eigenvalue weighted by atomic mass is 10.1. The molecule has 0 saturated carbocycles. The maximum absolute atomic E-state index is 11.0. The molecule has 0 heterocycles. The minimum atomic E-state index is -1.21. The average molecular weight is 236 g/mol. The van der Waals surface area contributed by atoms with Gasteiger partial charge in [0.15, 0.2) is 0 Å². The molecular formula is C12H12O5. The fourth-order valence-corrected chi connectivity index (χ4v) is 1.19. The number of phenols is 1. The number of aromatic carboxylic acids is 1. The highest BCUT2D eigenvalue weighted by Gasteiger charge is 2.08. The SMILES string of the molecule is CCOC(=O)C=Cc1ccc(C(=O)O)c(O)c1. The third kappa shape index (κ3) is 3.64. The Morgan fingerprint density at radius 1 is 1.41 bits per heavy atom. The van der Waals surface area contributed by atoms with Crippen LogP contribution in [-0.4, -0.2) is 28.8 Å². The second kappa shape index (κ2) is 5.69. The number of ether oxygens (including phenoxy) is 1. The molecule has 5 heteroatoms. The first-order chi connectivity index (χ1) is 8.04. The standard InChI is InChI=1S/C12H12O5/c1-2-17-11(14)6-4-8-3-5-9(12(15)16)10(13)7-8/h3-7,13H,2H2,1H3,(H,15,16). The van der Waals surface area contributed by atoms with Crippen LogP contribution in [0.2, 0.25) is 0 Å². The van der Waals surface area contributed by atoms with Crippen LogP contribution in [-0.2, 0) is 9.53 Å². The van der Waals surface area contributed by atoms with Crippen molar-refractivity contribution in [2.45, 2.75) is 6.92 Å². The van der Waals surface area contributed by atoms with Gasteiger partial charge in [0, 0.05) is 6.08 Å². The number of hydrogen-bond acceptors (Lipinski definition) is 4. The molecule has 1 rings (SSSR count). The summed E-state index contributed by atoms with van der Waals surface area (Å²) in [5.74, 6) is -2.04. The number of esters is 1. The van der Waals surface area contributed by atoms with Crippen molar-refractivity contribution in [2.75, 3.05) is 6.61 Å². The highest BCUT2D eigenvalue weighted by atomic mass is 16.5. The van der Waals surface area contributed by atoms with E-state index in [1.165, 1.54) is 30.4 Å². The topological polar surface area (TPSA) is 83.8 Å².